The highest BCUT2D eigenvalue weighted by Gasteiger charge is 2.39. The molecule has 0 fully saturated rings. The molecule has 6 aromatic heterocycles. The molecule has 0 saturated carbocycles. The number of alkyl halides is 9. The van der Waals surface area contributed by atoms with Gasteiger partial charge < -0.3 is 0 Å². The molecular formula is C85H98Cl3F9N6O12S7. The number of pyridine rings is 5. The van der Waals surface area contributed by atoms with Gasteiger partial charge in [-0.1, -0.05) is 214 Å². The third-order valence-electron chi connectivity index (χ3n) is 18.3. The molecule has 0 radical (unpaired) electrons. The predicted molar refractivity (Wildman–Crippen MR) is 466 cm³/mol. The number of hydrogen-bond acceptors (Lipinski definition) is 19. The first-order valence-electron chi connectivity index (χ1n) is 38.3. The Morgan fingerprint density at radius 1 is 0.328 bits per heavy atom. The van der Waals surface area contributed by atoms with Crippen LogP contribution in [0, 0.1) is 0 Å². The highest BCUT2D eigenvalue weighted by molar-refractivity contribution is 7.92. The summed E-state index contributed by atoms with van der Waals surface area (Å²) in [5.41, 5.74) is 3.87. The summed E-state index contributed by atoms with van der Waals surface area (Å²) in [5, 5.41) is 3.24. The summed E-state index contributed by atoms with van der Waals surface area (Å²) < 4.78 is 265. The minimum Gasteiger partial charge on any atom is -0.259 e. The van der Waals surface area contributed by atoms with Crippen LogP contribution in [-0.2, 0) is 77.6 Å². The highest BCUT2D eigenvalue weighted by Crippen LogP contribution is 2.42. The van der Waals surface area contributed by atoms with Gasteiger partial charge in [0.05, 0.1) is 121 Å². The van der Waals surface area contributed by atoms with Gasteiger partial charge in [-0.15, -0.1) is 0 Å². The zero-order valence-electron chi connectivity index (χ0n) is 70.2. The van der Waals surface area contributed by atoms with Crippen LogP contribution >= 0.6 is 46.3 Å². The number of benzene rings is 4. The van der Waals surface area contributed by atoms with E-state index in [1.54, 1.807) is 103 Å². The number of rotatable bonds is 22. The van der Waals surface area contributed by atoms with Crippen molar-refractivity contribution in [2.45, 2.75) is 208 Å². The van der Waals surface area contributed by atoms with Crippen LogP contribution in [0.2, 0.25) is 15.1 Å². The van der Waals surface area contributed by atoms with E-state index in [9.17, 15) is 90.0 Å². The maximum absolute atomic E-state index is 13.6. The van der Waals surface area contributed by atoms with Crippen molar-refractivity contribution in [1.29, 1.82) is 0 Å². The zero-order chi connectivity index (χ0) is 92.6. The second-order valence-corrected chi connectivity index (χ2v) is 44.5. The maximum Gasteiger partial charge on any atom is 0.418 e. The van der Waals surface area contributed by atoms with E-state index in [4.69, 9.17) is 34.8 Å². The van der Waals surface area contributed by atoms with Crippen LogP contribution in [0.3, 0.4) is 0 Å². The molecule has 18 nitrogen and oxygen atoms in total. The van der Waals surface area contributed by atoms with Crippen LogP contribution in [0.5, 0.6) is 0 Å². The van der Waals surface area contributed by atoms with E-state index in [0.717, 1.165) is 34.5 Å². The molecule has 122 heavy (non-hydrogen) atoms. The van der Waals surface area contributed by atoms with Gasteiger partial charge in [-0.2, -0.15) is 43.9 Å². The number of aromatic nitrogens is 6. The molecule has 0 spiro atoms. The minimum absolute atomic E-state index is 0.0357. The van der Waals surface area contributed by atoms with Crippen molar-refractivity contribution < 1.29 is 90.0 Å². The lowest BCUT2D eigenvalue weighted by Gasteiger charge is -2.19. The molecule has 6 heterocycles. The average Bonchev–Trinajstić information content (AvgIpc) is 0.893. The second-order valence-electron chi connectivity index (χ2n) is 29.1. The summed E-state index contributed by atoms with van der Waals surface area (Å²) in [6.07, 6.45) is -9.90. The molecular weight excluding hydrogens is 1800 g/mol. The Morgan fingerprint density at radius 3 is 1.08 bits per heavy atom. The van der Waals surface area contributed by atoms with Gasteiger partial charge in [0.1, 0.15) is 4.90 Å². The standard InChI is InChI=1S/C17H17ClF3NO2S.C17H18F3NO2S.2C16H18ClNO2S.C11H14F3NO2S.C8H13NO2S2/c1-4-25(23,24)14-9-13(17(19,20)21)16(22-15(14)10(2)3)11-5-7-12(18)8-6-11;1-4-24(22,23)15-9-13(10-21-16(15)11(2)3)12-5-7-14(8-6-12)17(18,19)20;1-4-21(19,20)15-10-9-14(18-16(15)11(2)3)12-5-7-13(17)8-6-12;1-4-21(19,20)15-9-12(10-18-16(15)11(2)3)13-7-5-6-8-14(13)17;1-4-18(16,17)9-5-8(11(12,13)14)6-15-10(9)7(2)3;1-4-13(10,11)7-5-12-9-8(7)6(2)3/h5-10H,4H2,1-3H3;5-11H,4H2,1-3H3;2*5-11H,4H2,1-3H3;5-7H,4H2,1-3H3;5-6H,4H2,1-3H3. The molecule has 0 aliphatic heterocycles. The lowest BCUT2D eigenvalue weighted by molar-refractivity contribution is -0.138. The van der Waals surface area contributed by atoms with Gasteiger partial charge in [0.2, 0.25) is 0 Å². The molecule has 0 unspecified atom stereocenters. The zero-order valence-corrected chi connectivity index (χ0v) is 78.2. The first-order chi connectivity index (χ1) is 56.3. The molecule has 666 valence electrons. The number of sulfone groups is 6. The van der Waals surface area contributed by atoms with Gasteiger partial charge >= 0.3 is 18.5 Å². The summed E-state index contributed by atoms with van der Waals surface area (Å²) in [4.78, 5) is 21.4. The SMILES string of the molecule is CCS(=O)(=O)c1cc(-c2ccc(C(F)(F)F)cc2)cnc1C(C)C.CCS(=O)(=O)c1cc(-c2ccccc2Cl)cnc1C(C)C.CCS(=O)(=O)c1cc(C(F)(F)F)c(-c2ccc(Cl)cc2)nc1C(C)C.CCS(=O)(=O)c1cc(C(F)(F)F)cnc1C(C)C.CCS(=O)(=O)c1ccc(-c2ccc(Cl)cc2)nc1C(C)C.CCS(=O)(=O)c1csnc1C(C)C. The van der Waals surface area contributed by atoms with Crippen molar-refractivity contribution in [3.05, 3.63) is 223 Å². The number of hydrogen-bond donors (Lipinski definition) is 0. The van der Waals surface area contributed by atoms with Gasteiger partial charge in [-0.05, 0) is 131 Å². The first kappa shape index (κ1) is 105. The van der Waals surface area contributed by atoms with Crippen LogP contribution in [0.1, 0.15) is 211 Å². The van der Waals surface area contributed by atoms with Crippen LogP contribution in [0.15, 0.2) is 187 Å². The van der Waals surface area contributed by atoms with Crippen LogP contribution < -0.4 is 0 Å². The Bertz CT molecular complexity index is 5980. The Hall–Kier alpha value is -7.80. The molecule has 10 aromatic rings. The summed E-state index contributed by atoms with van der Waals surface area (Å²) in [6, 6.07) is 33.0. The molecule has 0 bridgehead atoms. The highest BCUT2D eigenvalue weighted by atomic mass is 35.5. The lowest BCUT2D eigenvalue weighted by Crippen LogP contribution is -2.16. The Morgan fingerprint density at radius 2 is 0.680 bits per heavy atom. The van der Waals surface area contributed by atoms with E-state index >= 15 is 0 Å². The predicted octanol–water partition coefficient (Wildman–Crippen LogP) is 23.7. The monoisotopic (exact) mass is 1890 g/mol. The fraction of sp³-hybridized carbons (Fsp3) is 0.388. The Kier molecular flexibility index (Phi) is 37.3. The second kappa shape index (κ2) is 43.4. The minimum atomic E-state index is -4.74. The van der Waals surface area contributed by atoms with Gasteiger partial charge in [0.15, 0.2) is 59.0 Å². The molecule has 0 amide bonds. The molecule has 0 N–H and O–H groups in total. The van der Waals surface area contributed by atoms with Crippen molar-refractivity contribution in [2.24, 2.45) is 0 Å². The van der Waals surface area contributed by atoms with Crippen molar-refractivity contribution in [3.63, 3.8) is 0 Å². The quantitative estimate of drug-likeness (QED) is 0.0570. The Labute approximate surface area is 729 Å². The summed E-state index contributed by atoms with van der Waals surface area (Å²) >= 11 is 19.1. The molecule has 0 aliphatic carbocycles. The van der Waals surface area contributed by atoms with E-state index < -0.39 is 94.2 Å². The molecule has 37 heteroatoms. The van der Waals surface area contributed by atoms with Crippen molar-refractivity contribution in [2.75, 3.05) is 34.5 Å². The van der Waals surface area contributed by atoms with E-state index in [0.29, 0.717) is 82.0 Å². The van der Waals surface area contributed by atoms with E-state index in [-0.39, 0.29) is 107 Å². The molecule has 0 aliphatic rings. The summed E-state index contributed by atoms with van der Waals surface area (Å²) in [6.45, 7) is 31.4. The normalized spacial score (nSPS) is 12.4. The third kappa shape index (κ3) is 27.8. The van der Waals surface area contributed by atoms with Crippen molar-refractivity contribution in [1.82, 2.24) is 29.3 Å². The summed E-state index contributed by atoms with van der Waals surface area (Å²) in [5.74, 6) is -0.790. The van der Waals surface area contributed by atoms with E-state index in [1.807, 2.05) is 85.7 Å². The molecule has 4 aromatic carbocycles. The summed E-state index contributed by atoms with van der Waals surface area (Å²) in [7, 11) is -20.7. The van der Waals surface area contributed by atoms with E-state index in [1.165, 1.54) is 74.0 Å². The van der Waals surface area contributed by atoms with Crippen LogP contribution in [-0.4, -0.2) is 114 Å². The lowest BCUT2D eigenvalue weighted by atomic mass is 10.0. The number of halogens is 12. The van der Waals surface area contributed by atoms with E-state index in [2.05, 4.69) is 29.3 Å². The van der Waals surface area contributed by atoms with Gasteiger partial charge in [0, 0.05) is 66.9 Å². The Balaban J connectivity index is 0.000000263. The van der Waals surface area contributed by atoms with Crippen molar-refractivity contribution >= 4 is 105 Å². The third-order valence-corrected chi connectivity index (χ3v) is 30.5. The van der Waals surface area contributed by atoms with Gasteiger partial charge in [-0.3, -0.25) is 24.9 Å². The topological polar surface area (TPSA) is 282 Å². The fourth-order valence-corrected chi connectivity index (χ4v) is 20.3. The fourth-order valence-electron chi connectivity index (χ4n) is 11.3. The largest absolute Gasteiger partial charge is 0.418 e. The molecule has 0 atom stereocenters. The maximum atomic E-state index is 13.6. The van der Waals surface area contributed by atoms with Crippen LogP contribution in [0.25, 0.3) is 44.8 Å². The smallest absolute Gasteiger partial charge is 0.259 e. The average molecular weight is 1900 g/mol. The van der Waals surface area contributed by atoms with Crippen molar-refractivity contribution in [3.8, 4) is 44.8 Å². The number of nitrogens with zero attached hydrogens (tertiary/aromatic N) is 6. The van der Waals surface area contributed by atoms with Gasteiger partial charge in [-0.25, -0.2) is 50.5 Å². The van der Waals surface area contributed by atoms with Gasteiger partial charge in [0.25, 0.3) is 0 Å². The first-order valence-corrected chi connectivity index (χ1v) is 50.2. The molecule has 10 rings (SSSR count). The molecule has 0 saturated heterocycles. The van der Waals surface area contributed by atoms with Crippen LogP contribution in [0.4, 0.5) is 39.5 Å².